The number of rotatable bonds is 4. The molecular formula is C13H18N2O3. The summed E-state index contributed by atoms with van der Waals surface area (Å²) in [6.07, 6.45) is 1.23. The Labute approximate surface area is 106 Å². The van der Waals surface area contributed by atoms with Crippen molar-refractivity contribution in [3.05, 3.63) is 33.9 Å². The van der Waals surface area contributed by atoms with Gasteiger partial charge in [-0.05, 0) is 31.9 Å². The Hall–Kier alpha value is -1.62. The summed E-state index contributed by atoms with van der Waals surface area (Å²) in [4.78, 5) is 10.6. The fourth-order valence-electron chi connectivity index (χ4n) is 2.23. The molecule has 0 amide bonds. The summed E-state index contributed by atoms with van der Waals surface area (Å²) in [6, 6.07) is 5.24. The Kier molecular flexibility index (Phi) is 3.81. The number of hydrogen-bond acceptors (Lipinski definition) is 4. The highest BCUT2D eigenvalue weighted by Crippen LogP contribution is 2.27. The molecule has 5 nitrogen and oxygen atoms in total. The van der Waals surface area contributed by atoms with Crippen molar-refractivity contribution < 1.29 is 9.66 Å². The average Bonchev–Trinajstić information content (AvgIpc) is 2.73. The molecule has 0 bridgehead atoms. The second-order valence-corrected chi connectivity index (χ2v) is 4.78. The van der Waals surface area contributed by atoms with Gasteiger partial charge in [-0.25, -0.2) is 0 Å². The lowest BCUT2D eigenvalue weighted by atomic mass is 10.0. The highest BCUT2D eigenvalue weighted by molar-refractivity contribution is 5.62. The van der Waals surface area contributed by atoms with E-state index in [1.165, 1.54) is 0 Å². The molecule has 2 atom stereocenters. The van der Waals surface area contributed by atoms with Gasteiger partial charge in [0.25, 0.3) is 5.69 Å². The zero-order valence-electron chi connectivity index (χ0n) is 10.7. The molecule has 0 aromatic heterocycles. The molecule has 1 aromatic rings. The van der Waals surface area contributed by atoms with Crippen molar-refractivity contribution in [3.63, 3.8) is 0 Å². The Morgan fingerprint density at radius 3 is 2.94 bits per heavy atom. The molecule has 2 unspecified atom stereocenters. The van der Waals surface area contributed by atoms with Crippen LogP contribution in [0.1, 0.15) is 18.9 Å². The van der Waals surface area contributed by atoms with E-state index in [-0.39, 0.29) is 16.7 Å². The third-order valence-electron chi connectivity index (χ3n) is 3.44. The summed E-state index contributed by atoms with van der Waals surface area (Å²) in [5.74, 6) is 0.422. The molecule has 98 valence electrons. The summed E-state index contributed by atoms with van der Waals surface area (Å²) in [7, 11) is 0. The number of nitro groups is 1. The number of nitro benzene ring substituents is 1. The van der Waals surface area contributed by atoms with Gasteiger partial charge in [-0.15, -0.1) is 0 Å². The molecule has 18 heavy (non-hydrogen) atoms. The summed E-state index contributed by atoms with van der Waals surface area (Å²) < 4.78 is 5.48. The summed E-state index contributed by atoms with van der Waals surface area (Å²) in [5.41, 5.74) is 1.62. The molecule has 1 N–H and O–H groups in total. The third kappa shape index (κ3) is 2.79. The van der Waals surface area contributed by atoms with Gasteiger partial charge in [0.15, 0.2) is 0 Å². The smallest absolute Gasteiger partial charge is 0.292 e. The molecule has 2 rings (SSSR count). The number of hydrogen-bond donors (Lipinski definition) is 1. The number of nitrogens with one attached hydrogen (secondary N) is 1. The lowest BCUT2D eigenvalue weighted by molar-refractivity contribution is -0.384. The second-order valence-electron chi connectivity index (χ2n) is 4.78. The largest absolute Gasteiger partial charge is 0.379 e. The van der Waals surface area contributed by atoms with E-state index < -0.39 is 0 Å². The van der Waals surface area contributed by atoms with Gasteiger partial charge in [0.05, 0.1) is 11.0 Å². The van der Waals surface area contributed by atoms with E-state index in [4.69, 9.17) is 4.74 Å². The zero-order valence-corrected chi connectivity index (χ0v) is 10.7. The van der Waals surface area contributed by atoms with Crippen LogP contribution in [0, 0.1) is 23.0 Å². The van der Waals surface area contributed by atoms with Crippen LogP contribution in [0.15, 0.2) is 18.2 Å². The van der Waals surface area contributed by atoms with Gasteiger partial charge < -0.3 is 10.1 Å². The standard InChI is InChI=1S/C13H18N2O3/c1-9-3-4-12(13(7-9)15(16)17)14-8-11-5-6-18-10(11)2/h3-4,7,10-11,14H,5-6,8H2,1-2H3. The molecular weight excluding hydrogens is 232 g/mol. The topological polar surface area (TPSA) is 64.4 Å². The van der Waals surface area contributed by atoms with Crippen LogP contribution in [0.5, 0.6) is 0 Å². The lowest BCUT2D eigenvalue weighted by Crippen LogP contribution is -2.21. The van der Waals surface area contributed by atoms with E-state index in [9.17, 15) is 10.1 Å². The van der Waals surface area contributed by atoms with Crippen LogP contribution in [0.4, 0.5) is 11.4 Å². The summed E-state index contributed by atoms with van der Waals surface area (Å²) in [5, 5.41) is 14.1. The van der Waals surface area contributed by atoms with Gasteiger partial charge in [0.1, 0.15) is 5.69 Å². The van der Waals surface area contributed by atoms with Crippen LogP contribution >= 0.6 is 0 Å². The normalized spacial score (nSPS) is 23.0. The maximum Gasteiger partial charge on any atom is 0.292 e. The van der Waals surface area contributed by atoms with Crippen molar-refractivity contribution in [2.24, 2.45) is 5.92 Å². The number of aryl methyl sites for hydroxylation is 1. The Morgan fingerprint density at radius 2 is 2.33 bits per heavy atom. The molecule has 0 radical (unpaired) electrons. The molecule has 0 aliphatic carbocycles. The fourth-order valence-corrected chi connectivity index (χ4v) is 2.23. The highest BCUT2D eigenvalue weighted by Gasteiger charge is 2.24. The highest BCUT2D eigenvalue weighted by atomic mass is 16.6. The van der Waals surface area contributed by atoms with Gasteiger partial charge >= 0.3 is 0 Å². The summed E-state index contributed by atoms with van der Waals surface area (Å²) >= 11 is 0. The SMILES string of the molecule is Cc1ccc(NCC2CCOC2C)c([N+](=O)[O-])c1. The van der Waals surface area contributed by atoms with Gasteiger partial charge in [-0.2, -0.15) is 0 Å². The van der Waals surface area contributed by atoms with Crippen molar-refractivity contribution in [3.8, 4) is 0 Å². The quantitative estimate of drug-likeness (QED) is 0.659. The van der Waals surface area contributed by atoms with Crippen LogP contribution in [0.3, 0.4) is 0 Å². The van der Waals surface area contributed by atoms with Crippen LogP contribution < -0.4 is 5.32 Å². The van der Waals surface area contributed by atoms with Crippen molar-refractivity contribution in [2.75, 3.05) is 18.5 Å². The van der Waals surface area contributed by atoms with E-state index in [0.717, 1.165) is 18.6 Å². The first-order valence-electron chi connectivity index (χ1n) is 6.18. The predicted octanol–water partition coefficient (Wildman–Crippen LogP) is 2.74. The molecule has 1 fully saturated rings. The molecule has 1 aliphatic heterocycles. The van der Waals surface area contributed by atoms with Crippen molar-refractivity contribution in [2.45, 2.75) is 26.4 Å². The minimum Gasteiger partial charge on any atom is -0.379 e. The molecule has 1 aliphatic rings. The van der Waals surface area contributed by atoms with E-state index in [2.05, 4.69) is 5.32 Å². The Balaban J connectivity index is 2.06. The number of nitrogens with zero attached hydrogens (tertiary/aromatic N) is 1. The first-order valence-corrected chi connectivity index (χ1v) is 6.18. The maximum absolute atomic E-state index is 11.0. The number of benzene rings is 1. The number of anilines is 1. The molecule has 0 saturated carbocycles. The third-order valence-corrected chi connectivity index (χ3v) is 3.44. The predicted molar refractivity (Wildman–Crippen MR) is 69.8 cm³/mol. The average molecular weight is 250 g/mol. The Morgan fingerprint density at radius 1 is 1.56 bits per heavy atom. The molecule has 1 aromatic carbocycles. The van der Waals surface area contributed by atoms with Gasteiger partial charge in [-0.1, -0.05) is 6.07 Å². The van der Waals surface area contributed by atoms with Crippen molar-refractivity contribution in [1.29, 1.82) is 0 Å². The van der Waals surface area contributed by atoms with Crippen LogP contribution in [0.2, 0.25) is 0 Å². The monoisotopic (exact) mass is 250 g/mol. The number of ether oxygens (including phenoxy) is 1. The molecule has 1 saturated heterocycles. The van der Waals surface area contributed by atoms with Gasteiger partial charge in [0, 0.05) is 25.1 Å². The van der Waals surface area contributed by atoms with E-state index in [1.807, 2.05) is 19.9 Å². The summed E-state index contributed by atoms with van der Waals surface area (Å²) in [6.45, 7) is 5.39. The Bertz CT molecular complexity index is 448. The van der Waals surface area contributed by atoms with Crippen LogP contribution in [-0.2, 0) is 4.74 Å². The van der Waals surface area contributed by atoms with Crippen LogP contribution in [-0.4, -0.2) is 24.2 Å². The molecule has 5 heteroatoms. The van der Waals surface area contributed by atoms with Crippen molar-refractivity contribution >= 4 is 11.4 Å². The lowest BCUT2D eigenvalue weighted by Gasteiger charge is -2.15. The van der Waals surface area contributed by atoms with Crippen molar-refractivity contribution in [1.82, 2.24) is 0 Å². The second kappa shape index (κ2) is 5.35. The first kappa shape index (κ1) is 12.8. The van der Waals surface area contributed by atoms with E-state index in [1.54, 1.807) is 12.1 Å². The fraction of sp³-hybridized carbons (Fsp3) is 0.538. The zero-order chi connectivity index (χ0) is 13.1. The van der Waals surface area contributed by atoms with E-state index >= 15 is 0 Å². The van der Waals surface area contributed by atoms with E-state index in [0.29, 0.717) is 18.2 Å². The first-order chi connectivity index (χ1) is 8.58. The van der Waals surface area contributed by atoms with Gasteiger partial charge in [-0.3, -0.25) is 10.1 Å². The molecule has 0 spiro atoms. The minimum atomic E-state index is -0.343. The van der Waals surface area contributed by atoms with Crippen LogP contribution in [0.25, 0.3) is 0 Å². The van der Waals surface area contributed by atoms with Gasteiger partial charge in [0.2, 0.25) is 0 Å². The molecule has 1 heterocycles. The maximum atomic E-state index is 11.0. The minimum absolute atomic E-state index is 0.140.